The minimum absolute atomic E-state index is 0.0369. The van der Waals surface area contributed by atoms with Gasteiger partial charge in [-0.25, -0.2) is 8.42 Å². The van der Waals surface area contributed by atoms with Gasteiger partial charge in [0, 0.05) is 37.8 Å². The van der Waals surface area contributed by atoms with Gasteiger partial charge >= 0.3 is 0 Å². The molecular formula is C25H36N4O3S. The summed E-state index contributed by atoms with van der Waals surface area (Å²) < 4.78 is 29.2. The van der Waals surface area contributed by atoms with Crippen molar-refractivity contribution in [2.75, 3.05) is 35.8 Å². The topological polar surface area (TPSA) is 90.5 Å². The summed E-state index contributed by atoms with van der Waals surface area (Å²) in [6.45, 7) is 11.4. The molecule has 1 fully saturated rings. The Morgan fingerprint density at radius 3 is 2.33 bits per heavy atom. The largest absolute Gasteiger partial charge is 0.367 e. The molecule has 0 aliphatic carbocycles. The SMILES string of the molecule is CC[C@H](C)NC(=O)c1ccc(N2CCNCC2)c(NS(=O)(=O)c2ccc(CC(C)C)cc2)c1. The van der Waals surface area contributed by atoms with Gasteiger partial charge in [0.25, 0.3) is 15.9 Å². The zero-order valence-corrected chi connectivity index (χ0v) is 20.8. The van der Waals surface area contributed by atoms with Gasteiger partial charge in [0.15, 0.2) is 0 Å². The van der Waals surface area contributed by atoms with E-state index in [-0.39, 0.29) is 16.8 Å². The van der Waals surface area contributed by atoms with Gasteiger partial charge in [0.2, 0.25) is 0 Å². The molecule has 180 valence electrons. The Hall–Kier alpha value is -2.58. The smallest absolute Gasteiger partial charge is 0.261 e. The lowest BCUT2D eigenvalue weighted by atomic mass is 10.0. The number of benzene rings is 2. The molecule has 0 bridgehead atoms. The average Bonchev–Trinajstić information content (AvgIpc) is 2.79. The second kappa shape index (κ2) is 11.0. The predicted octanol–water partition coefficient (Wildman–Crippen LogP) is 3.62. The van der Waals surface area contributed by atoms with E-state index < -0.39 is 10.0 Å². The Bertz CT molecular complexity index is 1050. The third-order valence-corrected chi connectivity index (χ3v) is 7.21. The number of rotatable bonds is 9. The summed E-state index contributed by atoms with van der Waals surface area (Å²) in [4.78, 5) is 15.0. The van der Waals surface area contributed by atoms with Crippen molar-refractivity contribution in [3.63, 3.8) is 0 Å². The molecule has 1 atom stereocenters. The minimum Gasteiger partial charge on any atom is -0.367 e. The van der Waals surface area contributed by atoms with Crippen LogP contribution < -0.4 is 20.3 Å². The lowest BCUT2D eigenvalue weighted by Crippen LogP contribution is -2.43. The minimum atomic E-state index is -3.81. The molecule has 2 aromatic carbocycles. The maximum absolute atomic E-state index is 13.2. The first-order valence-corrected chi connectivity index (χ1v) is 13.2. The van der Waals surface area contributed by atoms with Gasteiger partial charge < -0.3 is 15.5 Å². The van der Waals surface area contributed by atoms with E-state index >= 15 is 0 Å². The first kappa shape index (κ1) is 25.1. The molecule has 1 heterocycles. The second-order valence-electron chi connectivity index (χ2n) is 9.10. The maximum Gasteiger partial charge on any atom is 0.261 e. The highest BCUT2D eigenvalue weighted by Gasteiger charge is 2.22. The summed E-state index contributed by atoms with van der Waals surface area (Å²) in [7, 11) is -3.81. The van der Waals surface area contributed by atoms with Crippen LogP contribution in [0.15, 0.2) is 47.4 Å². The van der Waals surface area contributed by atoms with Crippen LogP contribution >= 0.6 is 0 Å². The summed E-state index contributed by atoms with van der Waals surface area (Å²) in [5.41, 5.74) is 2.73. The molecule has 0 spiro atoms. The van der Waals surface area contributed by atoms with Crippen molar-refractivity contribution in [2.45, 2.75) is 51.5 Å². The summed E-state index contributed by atoms with van der Waals surface area (Å²) in [6.07, 6.45) is 1.71. The van der Waals surface area contributed by atoms with Crippen LogP contribution in [-0.4, -0.2) is 46.5 Å². The zero-order chi connectivity index (χ0) is 24.0. The quantitative estimate of drug-likeness (QED) is 0.519. The Morgan fingerprint density at radius 1 is 1.06 bits per heavy atom. The molecule has 2 aromatic rings. The summed E-state index contributed by atoms with van der Waals surface area (Å²) in [5.74, 6) is 0.284. The van der Waals surface area contributed by atoms with Gasteiger partial charge in [-0.05, 0) is 61.6 Å². The molecule has 33 heavy (non-hydrogen) atoms. The highest BCUT2D eigenvalue weighted by atomic mass is 32.2. The van der Waals surface area contributed by atoms with Crippen LogP contribution in [0, 0.1) is 5.92 Å². The molecule has 1 saturated heterocycles. The van der Waals surface area contributed by atoms with Crippen molar-refractivity contribution in [2.24, 2.45) is 5.92 Å². The Morgan fingerprint density at radius 2 is 1.73 bits per heavy atom. The lowest BCUT2D eigenvalue weighted by Gasteiger charge is -2.31. The van der Waals surface area contributed by atoms with Crippen LogP contribution in [0.25, 0.3) is 0 Å². The molecule has 1 amide bonds. The van der Waals surface area contributed by atoms with Crippen molar-refractivity contribution in [1.82, 2.24) is 10.6 Å². The summed E-state index contributed by atoms with van der Waals surface area (Å²) in [5, 5.41) is 6.26. The molecule has 7 nitrogen and oxygen atoms in total. The highest BCUT2D eigenvalue weighted by Crippen LogP contribution is 2.30. The van der Waals surface area contributed by atoms with Crippen molar-refractivity contribution >= 4 is 27.3 Å². The number of carbonyl (C=O) groups is 1. The third-order valence-electron chi connectivity index (χ3n) is 5.83. The van der Waals surface area contributed by atoms with Gasteiger partial charge in [0.05, 0.1) is 16.3 Å². The molecule has 0 saturated carbocycles. The van der Waals surface area contributed by atoms with E-state index in [2.05, 4.69) is 34.1 Å². The van der Waals surface area contributed by atoms with Crippen LogP contribution in [0.4, 0.5) is 11.4 Å². The first-order chi connectivity index (χ1) is 15.7. The van der Waals surface area contributed by atoms with Crippen LogP contribution in [0.3, 0.4) is 0 Å². The van der Waals surface area contributed by atoms with Crippen LogP contribution in [-0.2, 0) is 16.4 Å². The van der Waals surface area contributed by atoms with Crippen LogP contribution in [0.2, 0.25) is 0 Å². The molecule has 3 rings (SSSR count). The number of anilines is 2. The van der Waals surface area contributed by atoms with Crippen molar-refractivity contribution in [3.8, 4) is 0 Å². The monoisotopic (exact) mass is 472 g/mol. The number of piperazine rings is 1. The fourth-order valence-electron chi connectivity index (χ4n) is 3.83. The molecule has 1 aliphatic rings. The fraction of sp³-hybridized carbons (Fsp3) is 0.480. The second-order valence-corrected chi connectivity index (χ2v) is 10.8. The van der Waals surface area contributed by atoms with Gasteiger partial charge in [-0.15, -0.1) is 0 Å². The zero-order valence-electron chi connectivity index (χ0n) is 20.0. The molecule has 3 N–H and O–H groups in total. The maximum atomic E-state index is 13.2. The number of nitrogens with zero attached hydrogens (tertiary/aromatic N) is 1. The van der Waals surface area contributed by atoms with Crippen LogP contribution in [0.1, 0.15) is 50.0 Å². The van der Waals surface area contributed by atoms with E-state index in [0.29, 0.717) is 17.2 Å². The van der Waals surface area contributed by atoms with Gasteiger partial charge in [-0.2, -0.15) is 0 Å². The number of nitrogens with one attached hydrogen (secondary N) is 3. The molecule has 0 unspecified atom stereocenters. The van der Waals surface area contributed by atoms with E-state index in [1.807, 2.05) is 32.0 Å². The molecule has 8 heteroatoms. The number of hydrogen-bond acceptors (Lipinski definition) is 5. The third kappa shape index (κ3) is 6.71. The van der Waals surface area contributed by atoms with E-state index in [4.69, 9.17) is 0 Å². The Kier molecular flexibility index (Phi) is 8.37. The Labute approximate surface area is 198 Å². The number of hydrogen-bond donors (Lipinski definition) is 3. The van der Waals surface area contributed by atoms with E-state index in [9.17, 15) is 13.2 Å². The lowest BCUT2D eigenvalue weighted by molar-refractivity contribution is 0.0939. The van der Waals surface area contributed by atoms with Crippen molar-refractivity contribution in [1.29, 1.82) is 0 Å². The molecule has 0 radical (unpaired) electrons. The highest BCUT2D eigenvalue weighted by molar-refractivity contribution is 7.92. The fourth-order valence-corrected chi connectivity index (χ4v) is 4.89. The molecule has 0 aromatic heterocycles. The Balaban J connectivity index is 1.92. The van der Waals surface area contributed by atoms with Gasteiger partial charge in [-0.1, -0.05) is 32.9 Å². The molecule has 1 aliphatic heterocycles. The van der Waals surface area contributed by atoms with Gasteiger partial charge in [0.1, 0.15) is 0 Å². The summed E-state index contributed by atoms with van der Waals surface area (Å²) >= 11 is 0. The number of carbonyl (C=O) groups excluding carboxylic acids is 1. The van der Waals surface area contributed by atoms with Gasteiger partial charge in [-0.3, -0.25) is 9.52 Å². The predicted molar refractivity (Wildman–Crippen MR) is 135 cm³/mol. The van der Waals surface area contributed by atoms with E-state index in [1.54, 1.807) is 24.3 Å². The van der Waals surface area contributed by atoms with E-state index in [0.717, 1.165) is 50.3 Å². The van der Waals surface area contributed by atoms with E-state index in [1.165, 1.54) is 0 Å². The number of sulfonamides is 1. The average molecular weight is 473 g/mol. The van der Waals surface area contributed by atoms with Crippen LogP contribution in [0.5, 0.6) is 0 Å². The standard InChI is InChI=1S/C25H36N4O3S/c1-5-19(4)27-25(30)21-8-11-24(29-14-12-26-13-15-29)23(17-21)28-33(31,32)22-9-6-20(7-10-22)16-18(2)3/h6-11,17-19,26,28H,5,12-16H2,1-4H3,(H,27,30)/t19-/m0/s1. The first-order valence-electron chi connectivity index (χ1n) is 11.7. The van der Waals surface area contributed by atoms with Crippen molar-refractivity contribution in [3.05, 3.63) is 53.6 Å². The van der Waals surface area contributed by atoms with Crippen molar-refractivity contribution < 1.29 is 13.2 Å². The number of amides is 1. The normalized spacial score (nSPS) is 15.4. The molecular weight excluding hydrogens is 436 g/mol. The summed E-state index contributed by atoms with van der Waals surface area (Å²) in [6, 6.07) is 12.3.